The first kappa shape index (κ1) is 27.0. The van der Waals surface area contributed by atoms with E-state index in [0.717, 1.165) is 17.1 Å². The summed E-state index contributed by atoms with van der Waals surface area (Å²) in [5.41, 5.74) is -2.36. The van der Waals surface area contributed by atoms with E-state index in [1.165, 1.54) is 22.9 Å². The number of esters is 1. The van der Waals surface area contributed by atoms with E-state index in [9.17, 15) is 32.3 Å². The molecule has 2 heterocycles. The van der Waals surface area contributed by atoms with Crippen LogP contribution in [-0.4, -0.2) is 51.9 Å². The van der Waals surface area contributed by atoms with Gasteiger partial charge >= 0.3 is 23.9 Å². The molecule has 1 amide bonds. The number of ether oxygens (including phenoxy) is 2. The number of halogens is 3. The van der Waals surface area contributed by atoms with E-state index in [2.05, 4.69) is 0 Å². The summed E-state index contributed by atoms with van der Waals surface area (Å²) in [6.07, 6.45) is -0.573. The highest BCUT2D eigenvalue weighted by Gasteiger charge is 2.39. The smallest absolute Gasteiger partial charge is 0.416 e. The first-order valence-corrected chi connectivity index (χ1v) is 13.3. The fourth-order valence-electron chi connectivity index (χ4n) is 6.19. The average Bonchev–Trinajstić information content (AvgIpc) is 3.33. The largest absolute Gasteiger partial charge is 0.462 e. The summed E-state index contributed by atoms with van der Waals surface area (Å²) >= 11 is 0. The standard InChI is InChI=1S/C27H30F3N3O6/c1-2-38-24(35)20-15-32(17-9-7-16(8-10-17)31-13-4-14-39-26(31)37)25(36)33(23(20)34)22-12-11-18-19(22)5-3-6-21(18)27(28,29)30/h3,5-6,15-17,22H,2,4,7-14H2,1H3/t16?,17?,22-/m1/s1. The molecule has 1 saturated heterocycles. The number of fused-ring (bicyclic) bond motifs is 1. The second-order valence-corrected chi connectivity index (χ2v) is 10.2. The van der Waals surface area contributed by atoms with Crippen LogP contribution >= 0.6 is 0 Å². The number of amides is 1. The predicted octanol–water partition coefficient (Wildman–Crippen LogP) is 4.07. The molecular formula is C27H30F3N3O6. The number of rotatable bonds is 5. The zero-order chi connectivity index (χ0) is 27.9. The van der Waals surface area contributed by atoms with Crippen LogP contribution in [0.1, 0.15) is 84.6 Å². The van der Waals surface area contributed by atoms with Gasteiger partial charge in [-0.05, 0) is 69.1 Å². The van der Waals surface area contributed by atoms with Gasteiger partial charge in [0.05, 0.1) is 24.8 Å². The molecule has 0 radical (unpaired) electrons. The van der Waals surface area contributed by atoms with E-state index in [-0.39, 0.29) is 54.3 Å². The molecule has 5 rings (SSSR count). The molecular weight excluding hydrogens is 519 g/mol. The van der Waals surface area contributed by atoms with Crippen molar-refractivity contribution < 1.29 is 32.2 Å². The third-order valence-corrected chi connectivity index (χ3v) is 8.00. The van der Waals surface area contributed by atoms with E-state index in [1.807, 2.05) is 0 Å². The summed E-state index contributed by atoms with van der Waals surface area (Å²) in [7, 11) is 0. The van der Waals surface area contributed by atoms with Crippen LogP contribution < -0.4 is 11.2 Å². The van der Waals surface area contributed by atoms with Crippen molar-refractivity contribution in [3.63, 3.8) is 0 Å². The highest BCUT2D eigenvalue weighted by Crippen LogP contribution is 2.41. The number of aromatic nitrogens is 2. The van der Waals surface area contributed by atoms with Crippen molar-refractivity contribution in [2.45, 2.75) is 76.2 Å². The molecule has 39 heavy (non-hydrogen) atoms. The van der Waals surface area contributed by atoms with Crippen molar-refractivity contribution in [3.8, 4) is 0 Å². The number of benzene rings is 1. The maximum Gasteiger partial charge on any atom is 0.416 e. The molecule has 210 valence electrons. The molecule has 1 atom stereocenters. The first-order valence-electron chi connectivity index (χ1n) is 13.3. The second-order valence-electron chi connectivity index (χ2n) is 10.2. The molecule has 2 fully saturated rings. The minimum atomic E-state index is -4.57. The Hall–Kier alpha value is -3.57. The molecule has 1 aliphatic heterocycles. The average molecular weight is 550 g/mol. The molecule has 1 aromatic heterocycles. The molecule has 1 saturated carbocycles. The first-order chi connectivity index (χ1) is 18.6. The van der Waals surface area contributed by atoms with Crippen molar-refractivity contribution in [1.82, 2.24) is 14.0 Å². The lowest BCUT2D eigenvalue weighted by Crippen LogP contribution is -2.48. The van der Waals surface area contributed by atoms with Crippen LogP contribution in [0.25, 0.3) is 0 Å². The maximum atomic E-state index is 13.8. The van der Waals surface area contributed by atoms with Crippen LogP contribution in [0, 0.1) is 0 Å². The highest BCUT2D eigenvalue weighted by molar-refractivity contribution is 5.88. The minimum Gasteiger partial charge on any atom is -0.462 e. The Labute approximate surface area is 222 Å². The third-order valence-electron chi connectivity index (χ3n) is 8.00. The van der Waals surface area contributed by atoms with Crippen LogP contribution in [0.2, 0.25) is 0 Å². The number of cyclic esters (lactones) is 1. The van der Waals surface area contributed by atoms with Gasteiger partial charge in [0.25, 0.3) is 5.56 Å². The summed E-state index contributed by atoms with van der Waals surface area (Å²) in [6, 6.07) is 2.42. The number of nitrogens with zero attached hydrogens (tertiary/aromatic N) is 3. The van der Waals surface area contributed by atoms with Gasteiger partial charge in [0.1, 0.15) is 5.56 Å². The summed E-state index contributed by atoms with van der Waals surface area (Å²) < 4.78 is 53.5. The minimum absolute atomic E-state index is 0.00957. The van der Waals surface area contributed by atoms with Crippen molar-refractivity contribution >= 4 is 12.1 Å². The van der Waals surface area contributed by atoms with Crippen molar-refractivity contribution in [3.05, 3.63) is 67.5 Å². The molecule has 0 bridgehead atoms. The van der Waals surface area contributed by atoms with Gasteiger partial charge in [-0.15, -0.1) is 0 Å². The molecule has 12 heteroatoms. The Kier molecular flexibility index (Phi) is 7.30. The summed E-state index contributed by atoms with van der Waals surface area (Å²) in [4.78, 5) is 53.9. The lowest BCUT2D eigenvalue weighted by Gasteiger charge is -2.38. The van der Waals surface area contributed by atoms with Crippen LogP contribution in [-0.2, 0) is 22.1 Å². The molecule has 0 N–H and O–H groups in total. The Bertz CT molecular complexity index is 1390. The quantitative estimate of drug-likeness (QED) is 0.522. The zero-order valence-corrected chi connectivity index (χ0v) is 21.5. The van der Waals surface area contributed by atoms with E-state index >= 15 is 0 Å². The van der Waals surface area contributed by atoms with Crippen molar-refractivity contribution in [2.24, 2.45) is 0 Å². The van der Waals surface area contributed by atoms with Crippen LogP contribution in [0.15, 0.2) is 34.0 Å². The summed E-state index contributed by atoms with van der Waals surface area (Å²) in [5, 5.41) is 0. The number of hydrogen-bond donors (Lipinski definition) is 0. The maximum absolute atomic E-state index is 13.8. The van der Waals surface area contributed by atoms with E-state index < -0.39 is 35.0 Å². The Morgan fingerprint density at radius 1 is 1.08 bits per heavy atom. The topological polar surface area (TPSA) is 99.8 Å². The van der Waals surface area contributed by atoms with Gasteiger partial charge in [-0.25, -0.2) is 14.4 Å². The summed E-state index contributed by atoms with van der Waals surface area (Å²) in [5.74, 6) is -0.892. The second kappa shape index (κ2) is 10.5. The fraction of sp³-hybridized carbons (Fsp3) is 0.556. The van der Waals surface area contributed by atoms with Crippen molar-refractivity contribution in [1.29, 1.82) is 0 Å². The van der Waals surface area contributed by atoms with Gasteiger partial charge < -0.3 is 14.4 Å². The molecule has 2 aromatic rings. The predicted molar refractivity (Wildman–Crippen MR) is 133 cm³/mol. The zero-order valence-electron chi connectivity index (χ0n) is 21.5. The Balaban J connectivity index is 1.53. The van der Waals surface area contributed by atoms with Gasteiger partial charge in [-0.2, -0.15) is 13.2 Å². The van der Waals surface area contributed by atoms with Crippen LogP contribution in [0.4, 0.5) is 18.0 Å². The van der Waals surface area contributed by atoms with Crippen molar-refractivity contribution in [2.75, 3.05) is 19.8 Å². The third kappa shape index (κ3) is 4.96. The lowest BCUT2D eigenvalue weighted by molar-refractivity contribution is -0.138. The van der Waals surface area contributed by atoms with E-state index in [1.54, 1.807) is 11.8 Å². The van der Waals surface area contributed by atoms with Gasteiger partial charge in [0.2, 0.25) is 0 Å². The van der Waals surface area contributed by atoms with Gasteiger partial charge in [0, 0.05) is 24.8 Å². The fourth-order valence-corrected chi connectivity index (χ4v) is 6.19. The van der Waals surface area contributed by atoms with Gasteiger partial charge in [-0.1, -0.05) is 12.1 Å². The van der Waals surface area contributed by atoms with Gasteiger partial charge in [-0.3, -0.25) is 13.9 Å². The number of alkyl halides is 3. The number of hydrogen-bond acceptors (Lipinski definition) is 6. The van der Waals surface area contributed by atoms with Crippen LogP contribution in [0.5, 0.6) is 0 Å². The Morgan fingerprint density at radius 2 is 1.79 bits per heavy atom. The highest BCUT2D eigenvalue weighted by atomic mass is 19.4. The lowest BCUT2D eigenvalue weighted by atomic mass is 9.89. The van der Waals surface area contributed by atoms with E-state index in [0.29, 0.717) is 38.8 Å². The molecule has 3 aliphatic rings. The number of carbonyl (C=O) groups excluding carboxylic acids is 2. The van der Waals surface area contributed by atoms with E-state index in [4.69, 9.17) is 9.47 Å². The SMILES string of the molecule is CCOC(=O)c1cn(C2CCC(N3CCCOC3=O)CC2)c(=O)n([C@@H]2CCc3c2cccc3C(F)(F)F)c1=O. The van der Waals surface area contributed by atoms with Crippen LogP contribution in [0.3, 0.4) is 0 Å². The monoisotopic (exact) mass is 549 g/mol. The molecule has 0 spiro atoms. The molecule has 1 aromatic carbocycles. The molecule has 2 aliphatic carbocycles. The summed E-state index contributed by atoms with van der Waals surface area (Å²) in [6.45, 7) is 2.60. The molecule has 0 unspecified atom stereocenters. The van der Waals surface area contributed by atoms with Gasteiger partial charge in [0.15, 0.2) is 0 Å². The normalized spacial score (nSPS) is 23.3. The molecule has 9 nitrogen and oxygen atoms in total. The number of carbonyl (C=O) groups is 2. The Morgan fingerprint density at radius 3 is 2.46 bits per heavy atom.